The van der Waals surface area contributed by atoms with Crippen molar-refractivity contribution in [2.45, 2.75) is 20.4 Å². The number of hydrogen-bond acceptors (Lipinski definition) is 5. The molecule has 7 nitrogen and oxygen atoms in total. The molecule has 0 bridgehead atoms. The number of pyridine rings is 1. The van der Waals surface area contributed by atoms with Gasteiger partial charge in [0, 0.05) is 49.2 Å². The molecule has 1 N–H and O–H groups in total. The van der Waals surface area contributed by atoms with Gasteiger partial charge >= 0.3 is 0 Å². The summed E-state index contributed by atoms with van der Waals surface area (Å²) in [5, 5.41) is 4.20. The first-order chi connectivity index (χ1) is 14.0. The van der Waals surface area contributed by atoms with Crippen LogP contribution in [-0.4, -0.2) is 32.5 Å². The molecule has 4 aromatic rings. The number of anilines is 3. The van der Waals surface area contributed by atoms with Gasteiger partial charge in [0.2, 0.25) is 11.9 Å². The van der Waals surface area contributed by atoms with Crippen molar-refractivity contribution in [3.05, 3.63) is 72.2 Å². The Hall–Kier alpha value is -3.74. The predicted molar refractivity (Wildman–Crippen MR) is 114 cm³/mol. The summed E-state index contributed by atoms with van der Waals surface area (Å²) < 4.78 is 2.03. The Morgan fingerprint density at radius 3 is 2.69 bits per heavy atom. The fourth-order valence-corrected chi connectivity index (χ4v) is 3.11. The molecule has 146 valence electrons. The minimum absolute atomic E-state index is 0.0609. The van der Waals surface area contributed by atoms with E-state index in [0.29, 0.717) is 18.3 Å². The van der Waals surface area contributed by atoms with Gasteiger partial charge in [-0.15, -0.1) is 0 Å². The highest BCUT2D eigenvalue weighted by Crippen LogP contribution is 2.22. The molecule has 4 rings (SSSR count). The molecular formula is C22H22N6O. The van der Waals surface area contributed by atoms with E-state index in [-0.39, 0.29) is 5.91 Å². The third kappa shape index (κ3) is 3.94. The van der Waals surface area contributed by atoms with Crippen molar-refractivity contribution in [3.63, 3.8) is 0 Å². The second-order valence-corrected chi connectivity index (χ2v) is 6.97. The maximum Gasteiger partial charge on any atom is 0.229 e. The zero-order valence-electron chi connectivity index (χ0n) is 16.6. The Kier molecular flexibility index (Phi) is 4.95. The van der Waals surface area contributed by atoms with Crippen LogP contribution >= 0.6 is 0 Å². The van der Waals surface area contributed by atoms with Crippen molar-refractivity contribution in [2.75, 3.05) is 17.3 Å². The first kappa shape index (κ1) is 18.6. The number of hydrogen-bond donors (Lipinski definition) is 1. The molecular weight excluding hydrogens is 364 g/mol. The van der Waals surface area contributed by atoms with Crippen molar-refractivity contribution in [3.8, 4) is 0 Å². The van der Waals surface area contributed by atoms with Crippen LogP contribution in [0.15, 0.2) is 61.1 Å². The lowest BCUT2D eigenvalue weighted by Gasteiger charge is -2.18. The van der Waals surface area contributed by atoms with Gasteiger partial charge in [0.1, 0.15) is 11.5 Å². The van der Waals surface area contributed by atoms with E-state index in [2.05, 4.69) is 22.2 Å². The molecule has 0 saturated carbocycles. The van der Waals surface area contributed by atoms with Crippen LogP contribution in [0, 0.1) is 6.92 Å². The van der Waals surface area contributed by atoms with Crippen molar-refractivity contribution in [1.29, 1.82) is 0 Å². The summed E-state index contributed by atoms with van der Waals surface area (Å²) >= 11 is 0. The van der Waals surface area contributed by atoms with Crippen LogP contribution < -0.4 is 10.2 Å². The summed E-state index contributed by atoms with van der Waals surface area (Å²) in [7, 11) is 1.73. The van der Waals surface area contributed by atoms with E-state index in [9.17, 15) is 4.79 Å². The number of aromatic nitrogens is 4. The molecule has 1 amide bonds. The molecule has 7 heteroatoms. The first-order valence-electron chi connectivity index (χ1n) is 9.35. The number of amides is 1. The fraction of sp³-hybridized carbons (Fsp3) is 0.182. The maximum atomic E-state index is 11.8. The summed E-state index contributed by atoms with van der Waals surface area (Å²) in [5.41, 5.74) is 3.89. The zero-order chi connectivity index (χ0) is 20.4. The third-order valence-corrected chi connectivity index (χ3v) is 4.81. The highest BCUT2D eigenvalue weighted by molar-refractivity contribution is 5.90. The van der Waals surface area contributed by atoms with Crippen molar-refractivity contribution < 1.29 is 4.79 Å². The van der Waals surface area contributed by atoms with E-state index in [0.717, 1.165) is 22.3 Å². The molecule has 0 aliphatic carbocycles. The summed E-state index contributed by atoms with van der Waals surface area (Å²) in [5.74, 6) is 1.12. The number of carbonyl (C=O) groups is 1. The number of nitrogens with zero attached hydrogens (tertiary/aromatic N) is 5. The van der Waals surface area contributed by atoms with Crippen molar-refractivity contribution in [2.24, 2.45) is 0 Å². The van der Waals surface area contributed by atoms with Crippen LogP contribution in [0.1, 0.15) is 18.1 Å². The Labute approximate surface area is 169 Å². The van der Waals surface area contributed by atoms with Gasteiger partial charge in [-0.05, 0) is 31.2 Å². The number of fused-ring (bicyclic) bond motifs is 1. The number of rotatable bonds is 5. The molecule has 0 aliphatic rings. The van der Waals surface area contributed by atoms with Crippen molar-refractivity contribution in [1.82, 2.24) is 19.5 Å². The monoisotopic (exact) mass is 386 g/mol. The summed E-state index contributed by atoms with van der Waals surface area (Å²) in [6.07, 6.45) is 5.47. The topological polar surface area (TPSA) is 75.9 Å². The highest BCUT2D eigenvalue weighted by atomic mass is 16.2. The van der Waals surface area contributed by atoms with Crippen LogP contribution in [0.2, 0.25) is 0 Å². The lowest BCUT2D eigenvalue weighted by Crippen LogP contribution is -2.25. The minimum Gasteiger partial charge on any atom is -0.328 e. The van der Waals surface area contributed by atoms with E-state index < -0.39 is 0 Å². The Balaban J connectivity index is 1.65. The SMILES string of the molecule is CC(=O)N(C)c1ncccc1Cn1ccc2cnc(Nc3ccc(C)cc3)nc21. The molecule has 0 atom stereocenters. The summed E-state index contributed by atoms with van der Waals surface area (Å²) in [4.78, 5) is 26.9. The van der Waals surface area contributed by atoms with E-state index in [1.54, 1.807) is 24.3 Å². The second-order valence-electron chi connectivity index (χ2n) is 6.97. The van der Waals surface area contributed by atoms with E-state index in [1.807, 2.05) is 53.2 Å². The smallest absolute Gasteiger partial charge is 0.229 e. The van der Waals surface area contributed by atoms with Crippen LogP contribution in [0.25, 0.3) is 11.0 Å². The molecule has 0 saturated heterocycles. The van der Waals surface area contributed by atoms with E-state index in [1.165, 1.54) is 12.5 Å². The Bertz CT molecular complexity index is 1170. The number of aryl methyl sites for hydroxylation is 1. The molecule has 3 aromatic heterocycles. The van der Waals surface area contributed by atoms with Gasteiger partial charge in [-0.3, -0.25) is 9.69 Å². The van der Waals surface area contributed by atoms with Gasteiger partial charge in [0.05, 0.1) is 6.54 Å². The molecule has 0 fully saturated rings. The predicted octanol–water partition coefficient (Wildman–Crippen LogP) is 3.91. The molecule has 1 aromatic carbocycles. The average molecular weight is 386 g/mol. The lowest BCUT2D eigenvalue weighted by atomic mass is 10.2. The minimum atomic E-state index is -0.0609. The van der Waals surface area contributed by atoms with Gasteiger partial charge in [-0.1, -0.05) is 23.8 Å². The highest BCUT2D eigenvalue weighted by Gasteiger charge is 2.14. The number of carbonyl (C=O) groups excluding carboxylic acids is 1. The summed E-state index contributed by atoms with van der Waals surface area (Å²) in [6, 6.07) is 13.9. The molecule has 0 unspecified atom stereocenters. The number of nitrogens with one attached hydrogen (secondary N) is 1. The Morgan fingerprint density at radius 2 is 1.93 bits per heavy atom. The molecule has 0 aliphatic heterocycles. The number of benzene rings is 1. The van der Waals surface area contributed by atoms with Crippen LogP contribution in [0.3, 0.4) is 0 Å². The first-order valence-corrected chi connectivity index (χ1v) is 9.35. The van der Waals surface area contributed by atoms with E-state index in [4.69, 9.17) is 4.98 Å². The van der Waals surface area contributed by atoms with Gasteiger partial charge < -0.3 is 9.88 Å². The van der Waals surface area contributed by atoms with Gasteiger partial charge in [-0.2, -0.15) is 4.98 Å². The molecule has 0 radical (unpaired) electrons. The van der Waals surface area contributed by atoms with Gasteiger partial charge in [-0.25, -0.2) is 9.97 Å². The zero-order valence-corrected chi connectivity index (χ0v) is 16.6. The van der Waals surface area contributed by atoms with Crippen LogP contribution in [0.4, 0.5) is 17.5 Å². The maximum absolute atomic E-state index is 11.8. The normalized spacial score (nSPS) is 10.9. The lowest BCUT2D eigenvalue weighted by molar-refractivity contribution is -0.116. The third-order valence-electron chi connectivity index (χ3n) is 4.81. The van der Waals surface area contributed by atoms with Gasteiger partial charge in [0.25, 0.3) is 0 Å². The largest absolute Gasteiger partial charge is 0.328 e. The van der Waals surface area contributed by atoms with Crippen LogP contribution in [-0.2, 0) is 11.3 Å². The fourth-order valence-electron chi connectivity index (χ4n) is 3.11. The van der Waals surface area contributed by atoms with Gasteiger partial charge in [0.15, 0.2) is 0 Å². The molecule has 0 spiro atoms. The Morgan fingerprint density at radius 1 is 1.14 bits per heavy atom. The van der Waals surface area contributed by atoms with Crippen molar-refractivity contribution >= 4 is 34.4 Å². The summed E-state index contributed by atoms with van der Waals surface area (Å²) in [6.45, 7) is 4.13. The van der Waals surface area contributed by atoms with E-state index >= 15 is 0 Å². The second kappa shape index (κ2) is 7.71. The van der Waals surface area contributed by atoms with Crippen LogP contribution in [0.5, 0.6) is 0 Å². The standard InChI is InChI=1S/C22H22N6O/c1-15-6-8-19(9-7-15)25-22-24-13-17-10-12-28(21(17)26-22)14-18-5-4-11-23-20(18)27(3)16(2)29/h4-13H,14H2,1-3H3,(H,24,25,26). The average Bonchev–Trinajstić information content (AvgIpc) is 3.12. The quantitative estimate of drug-likeness (QED) is 0.563. The molecule has 29 heavy (non-hydrogen) atoms. The molecule has 3 heterocycles.